The van der Waals surface area contributed by atoms with Gasteiger partial charge in [0.15, 0.2) is 0 Å². The third-order valence-electron chi connectivity index (χ3n) is 2.54. The molecular weight excluding hydrogens is 304 g/mol. The highest BCUT2D eigenvalue weighted by Gasteiger charge is 2.22. The van der Waals surface area contributed by atoms with Crippen LogP contribution < -0.4 is 10.6 Å². The van der Waals surface area contributed by atoms with Crippen molar-refractivity contribution >= 4 is 39.1 Å². The molecule has 0 radical (unpaired) electrons. The summed E-state index contributed by atoms with van der Waals surface area (Å²) < 4.78 is 0.949. The van der Waals surface area contributed by atoms with Gasteiger partial charge in [-0.15, -0.1) is 0 Å². The maximum atomic E-state index is 11.4. The van der Waals surface area contributed by atoms with Crippen molar-refractivity contribution in [2.75, 3.05) is 11.9 Å². The van der Waals surface area contributed by atoms with Crippen molar-refractivity contribution in [3.63, 3.8) is 0 Å². The normalized spacial score (nSPS) is 14.5. The second kappa shape index (κ2) is 5.74. The van der Waals surface area contributed by atoms with E-state index in [1.165, 1.54) is 0 Å². The summed E-state index contributed by atoms with van der Waals surface area (Å²) in [5.74, 6) is 0.109. The molecule has 1 amide bonds. The van der Waals surface area contributed by atoms with Gasteiger partial charge in [0.1, 0.15) is 0 Å². The zero-order chi connectivity index (χ0) is 12.3. The predicted molar refractivity (Wildman–Crippen MR) is 73.4 cm³/mol. The van der Waals surface area contributed by atoms with E-state index in [0.29, 0.717) is 24.0 Å². The maximum absolute atomic E-state index is 11.4. The van der Waals surface area contributed by atoms with Gasteiger partial charge >= 0.3 is 0 Å². The Bertz CT molecular complexity index is 421. The quantitative estimate of drug-likeness (QED) is 0.876. The molecule has 0 saturated heterocycles. The van der Waals surface area contributed by atoms with Gasteiger partial charge in [0, 0.05) is 34.2 Å². The Morgan fingerprint density at radius 1 is 1.47 bits per heavy atom. The zero-order valence-electron chi connectivity index (χ0n) is 9.30. The smallest absolute Gasteiger partial charge is 0.221 e. The zero-order valence-corrected chi connectivity index (χ0v) is 11.6. The fourth-order valence-electron chi connectivity index (χ4n) is 1.47. The average molecular weight is 318 g/mol. The largest absolute Gasteiger partial charge is 0.384 e. The van der Waals surface area contributed by atoms with Gasteiger partial charge in [-0.25, -0.2) is 0 Å². The molecule has 2 N–H and O–H groups in total. The minimum atomic E-state index is 0.109. The Kier molecular flexibility index (Phi) is 4.29. The number of rotatable bonds is 5. The van der Waals surface area contributed by atoms with E-state index in [-0.39, 0.29) is 5.91 Å². The van der Waals surface area contributed by atoms with Gasteiger partial charge in [0.2, 0.25) is 5.91 Å². The molecule has 0 aromatic heterocycles. The van der Waals surface area contributed by atoms with Crippen molar-refractivity contribution in [2.45, 2.75) is 25.3 Å². The third kappa shape index (κ3) is 4.21. The molecule has 0 bridgehead atoms. The summed E-state index contributed by atoms with van der Waals surface area (Å²) in [6, 6.07) is 5.97. The van der Waals surface area contributed by atoms with Crippen molar-refractivity contribution in [3.8, 4) is 0 Å². The summed E-state index contributed by atoms with van der Waals surface area (Å²) in [5, 5.41) is 6.81. The fraction of sp³-hybridized carbons (Fsp3) is 0.417. The van der Waals surface area contributed by atoms with E-state index < -0.39 is 0 Å². The molecule has 0 heterocycles. The average Bonchev–Trinajstić information content (AvgIpc) is 3.07. The highest BCUT2D eigenvalue weighted by atomic mass is 79.9. The molecule has 1 aromatic rings. The summed E-state index contributed by atoms with van der Waals surface area (Å²) in [5.41, 5.74) is 0.914. The SMILES string of the molecule is O=C(CCNc1cc(Cl)ccc1Br)NC1CC1. The number of amides is 1. The van der Waals surface area contributed by atoms with E-state index in [2.05, 4.69) is 26.6 Å². The Hall–Kier alpha value is -0.740. The standard InChI is InChI=1S/C12H14BrClN2O/c13-10-4-1-8(14)7-11(10)15-6-5-12(17)16-9-2-3-9/h1,4,7,9,15H,2-3,5-6H2,(H,16,17). The molecule has 0 atom stereocenters. The van der Waals surface area contributed by atoms with Crippen LogP contribution in [0.25, 0.3) is 0 Å². The van der Waals surface area contributed by atoms with Crippen LogP contribution in [-0.2, 0) is 4.79 Å². The number of halogens is 2. The minimum absolute atomic E-state index is 0.109. The summed E-state index contributed by atoms with van der Waals surface area (Å²) in [6.07, 6.45) is 2.73. The van der Waals surface area contributed by atoms with Crippen molar-refractivity contribution < 1.29 is 4.79 Å². The molecule has 1 aliphatic rings. The lowest BCUT2D eigenvalue weighted by Gasteiger charge is -2.09. The van der Waals surface area contributed by atoms with Crippen molar-refractivity contribution in [1.29, 1.82) is 0 Å². The van der Waals surface area contributed by atoms with Crippen LogP contribution in [0.1, 0.15) is 19.3 Å². The molecule has 1 aliphatic carbocycles. The van der Waals surface area contributed by atoms with Crippen LogP contribution in [0.3, 0.4) is 0 Å². The van der Waals surface area contributed by atoms with Crippen LogP contribution in [-0.4, -0.2) is 18.5 Å². The predicted octanol–water partition coefficient (Wildman–Crippen LogP) is 3.18. The lowest BCUT2D eigenvalue weighted by atomic mass is 10.3. The topological polar surface area (TPSA) is 41.1 Å². The molecule has 1 saturated carbocycles. The van der Waals surface area contributed by atoms with Gasteiger partial charge in [-0.1, -0.05) is 11.6 Å². The molecule has 92 valence electrons. The summed E-state index contributed by atoms with van der Waals surface area (Å²) >= 11 is 9.32. The van der Waals surface area contributed by atoms with Crippen LogP contribution in [0, 0.1) is 0 Å². The number of anilines is 1. The first-order valence-electron chi connectivity index (χ1n) is 5.63. The first-order chi connectivity index (χ1) is 8.15. The monoisotopic (exact) mass is 316 g/mol. The third-order valence-corrected chi connectivity index (χ3v) is 3.46. The second-order valence-corrected chi connectivity index (χ2v) is 5.43. The Morgan fingerprint density at radius 3 is 2.94 bits per heavy atom. The Balaban J connectivity index is 1.76. The number of hydrogen-bond acceptors (Lipinski definition) is 2. The summed E-state index contributed by atoms with van der Waals surface area (Å²) in [7, 11) is 0. The summed E-state index contributed by atoms with van der Waals surface area (Å²) in [6.45, 7) is 0.609. The highest BCUT2D eigenvalue weighted by molar-refractivity contribution is 9.10. The van der Waals surface area contributed by atoms with E-state index >= 15 is 0 Å². The van der Waals surface area contributed by atoms with Gasteiger partial charge in [-0.3, -0.25) is 4.79 Å². The van der Waals surface area contributed by atoms with Crippen LogP contribution >= 0.6 is 27.5 Å². The van der Waals surface area contributed by atoms with Crippen molar-refractivity contribution in [2.24, 2.45) is 0 Å². The molecule has 1 aromatic carbocycles. The van der Waals surface area contributed by atoms with Gasteiger partial charge in [-0.05, 0) is 47.0 Å². The highest BCUT2D eigenvalue weighted by Crippen LogP contribution is 2.25. The van der Waals surface area contributed by atoms with E-state index in [0.717, 1.165) is 23.0 Å². The Labute approximate surface area is 114 Å². The van der Waals surface area contributed by atoms with Crippen molar-refractivity contribution in [3.05, 3.63) is 27.7 Å². The van der Waals surface area contributed by atoms with E-state index in [1.54, 1.807) is 0 Å². The molecule has 5 heteroatoms. The second-order valence-electron chi connectivity index (χ2n) is 4.14. The first-order valence-corrected chi connectivity index (χ1v) is 6.80. The molecule has 17 heavy (non-hydrogen) atoms. The first kappa shape index (κ1) is 12.7. The molecule has 0 spiro atoms. The number of hydrogen-bond donors (Lipinski definition) is 2. The van der Waals surface area contributed by atoms with Crippen molar-refractivity contribution in [1.82, 2.24) is 5.32 Å². The summed E-state index contributed by atoms with van der Waals surface area (Å²) in [4.78, 5) is 11.4. The van der Waals surface area contributed by atoms with Gasteiger partial charge < -0.3 is 10.6 Å². The lowest BCUT2D eigenvalue weighted by molar-refractivity contribution is -0.120. The van der Waals surface area contributed by atoms with Gasteiger partial charge in [0.25, 0.3) is 0 Å². The van der Waals surface area contributed by atoms with E-state index in [9.17, 15) is 4.79 Å². The number of nitrogens with one attached hydrogen (secondary N) is 2. The van der Waals surface area contributed by atoms with E-state index in [4.69, 9.17) is 11.6 Å². The molecule has 0 unspecified atom stereocenters. The number of carbonyl (C=O) groups excluding carboxylic acids is 1. The molecule has 0 aliphatic heterocycles. The van der Waals surface area contributed by atoms with E-state index in [1.807, 2.05) is 18.2 Å². The molecule has 2 rings (SSSR count). The fourth-order valence-corrected chi connectivity index (χ4v) is 2.03. The Morgan fingerprint density at radius 2 is 2.24 bits per heavy atom. The number of carbonyl (C=O) groups is 1. The minimum Gasteiger partial charge on any atom is -0.384 e. The van der Waals surface area contributed by atoms with Crippen LogP contribution in [0.5, 0.6) is 0 Å². The van der Waals surface area contributed by atoms with Crippen LogP contribution in [0.4, 0.5) is 5.69 Å². The van der Waals surface area contributed by atoms with Crippen LogP contribution in [0.15, 0.2) is 22.7 Å². The van der Waals surface area contributed by atoms with Crippen LogP contribution in [0.2, 0.25) is 5.02 Å². The van der Waals surface area contributed by atoms with Gasteiger partial charge in [0.05, 0.1) is 0 Å². The number of benzene rings is 1. The molecule has 1 fully saturated rings. The van der Waals surface area contributed by atoms with Gasteiger partial charge in [-0.2, -0.15) is 0 Å². The lowest BCUT2D eigenvalue weighted by Crippen LogP contribution is -2.27. The molecule has 3 nitrogen and oxygen atoms in total. The maximum Gasteiger partial charge on any atom is 0.221 e. The molecular formula is C12H14BrClN2O.